The van der Waals surface area contributed by atoms with Gasteiger partial charge in [0.1, 0.15) is 0 Å². The first-order valence-corrected chi connectivity index (χ1v) is 5.05. The highest BCUT2D eigenvalue weighted by Gasteiger charge is 2.05. The molecule has 0 aromatic carbocycles. The second-order valence-electron chi connectivity index (χ2n) is 3.05. The number of ether oxygens (including phenoxy) is 2. The van der Waals surface area contributed by atoms with E-state index in [2.05, 4.69) is 11.8 Å². The van der Waals surface area contributed by atoms with Crippen molar-refractivity contribution in [2.24, 2.45) is 0 Å². The van der Waals surface area contributed by atoms with Gasteiger partial charge in [0.15, 0.2) is 6.29 Å². The molecule has 4 heteroatoms. The third kappa shape index (κ3) is 6.95. The standard InChI is InChI=1S/C11H19NO3/c1-5-14-11(15-6-2)9-7-8-10(13)12(3)4/h11H,5-6,9H2,1-4H3. The molecule has 0 aliphatic carbocycles. The number of carbonyl (C=O) groups excluding carboxylic acids is 1. The van der Waals surface area contributed by atoms with Gasteiger partial charge in [0.25, 0.3) is 5.91 Å². The van der Waals surface area contributed by atoms with Crippen LogP contribution in [0.15, 0.2) is 0 Å². The van der Waals surface area contributed by atoms with Crippen LogP contribution in [0.4, 0.5) is 0 Å². The molecule has 0 aliphatic rings. The van der Waals surface area contributed by atoms with Crippen molar-refractivity contribution >= 4 is 5.91 Å². The Balaban J connectivity index is 4.01. The summed E-state index contributed by atoms with van der Waals surface area (Å²) in [6.07, 6.45) is 0.0869. The SMILES string of the molecule is CCOC(CC#CC(=O)N(C)C)OCC. The Labute approximate surface area is 91.5 Å². The molecule has 0 saturated heterocycles. The second kappa shape index (κ2) is 8.27. The normalized spacial score (nSPS) is 9.67. The zero-order valence-electron chi connectivity index (χ0n) is 9.87. The van der Waals surface area contributed by atoms with E-state index in [9.17, 15) is 4.79 Å². The zero-order chi connectivity index (χ0) is 11.7. The fraction of sp³-hybridized carbons (Fsp3) is 0.727. The average molecular weight is 213 g/mol. The van der Waals surface area contributed by atoms with Crippen LogP contribution >= 0.6 is 0 Å². The van der Waals surface area contributed by atoms with E-state index < -0.39 is 0 Å². The van der Waals surface area contributed by atoms with Gasteiger partial charge in [0.05, 0.1) is 6.42 Å². The van der Waals surface area contributed by atoms with Crippen LogP contribution in [-0.4, -0.2) is 44.4 Å². The number of carbonyl (C=O) groups is 1. The van der Waals surface area contributed by atoms with Crippen molar-refractivity contribution in [1.29, 1.82) is 0 Å². The summed E-state index contributed by atoms with van der Waals surface area (Å²) >= 11 is 0. The summed E-state index contributed by atoms with van der Waals surface area (Å²) in [5, 5.41) is 0. The average Bonchev–Trinajstić information content (AvgIpc) is 2.18. The molecular formula is C11H19NO3. The maximum Gasteiger partial charge on any atom is 0.297 e. The molecule has 86 valence electrons. The molecule has 0 saturated carbocycles. The Morgan fingerprint density at radius 2 is 1.80 bits per heavy atom. The fourth-order valence-electron chi connectivity index (χ4n) is 0.860. The van der Waals surface area contributed by atoms with Gasteiger partial charge >= 0.3 is 0 Å². The molecule has 1 amide bonds. The number of nitrogens with zero attached hydrogens (tertiary/aromatic N) is 1. The minimum absolute atomic E-state index is 0.207. The lowest BCUT2D eigenvalue weighted by atomic mass is 10.4. The predicted octanol–water partition coefficient (Wildman–Crippen LogP) is 0.867. The van der Waals surface area contributed by atoms with Crippen LogP contribution in [0.2, 0.25) is 0 Å². The van der Waals surface area contributed by atoms with Crippen LogP contribution in [0.5, 0.6) is 0 Å². The molecular weight excluding hydrogens is 194 g/mol. The number of hydrogen-bond donors (Lipinski definition) is 0. The first-order chi connectivity index (χ1) is 7.11. The van der Waals surface area contributed by atoms with E-state index in [1.54, 1.807) is 14.1 Å². The lowest BCUT2D eigenvalue weighted by molar-refractivity contribution is -0.131. The van der Waals surface area contributed by atoms with Crippen molar-refractivity contribution in [2.45, 2.75) is 26.6 Å². The molecule has 0 radical (unpaired) electrons. The Hall–Kier alpha value is -1.05. The summed E-state index contributed by atoms with van der Waals surface area (Å²) in [4.78, 5) is 12.5. The van der Waals surface area contributed by atoms with Gasteiger partial charge in [-0.05, 0) is 19.8 Å². The van der Waals surface area contributed by atoms with E-state index in [1.165, 1.54) is 4.90 Å². The summed E-state index contributed by atoms with van der Waals surface area (Å²) in [6.45, 7) is 4.94. The predicted molar refractivity (Wildman–Crippen MR) is 58.1 cm³/mol. The van der Waals surface area contributed by atoms with Gasteiger partial charge in [0.2, 0.25) is 0 Å². The van der Waals surface area contributed by atoms with E-state index in [1.807, 2.05) is 13.8 Å². The van der Waals surface area contributed by atoms with Crippen molar-refractivity contribution in [3.05, 3.63) is 0 Å². The minimum atomic E-state index is -0.331. The maximum absolute atomic E-state index is 11.1. The van der Waals surface area contributed by atoms with Crippen molar-refractivity contribution < 1.29 is 14.3 Å². The third-order valence-corrected chi connectivity index (χ3v) is 1.58. The summed E-state index contributed by atoms with van der Waals surface area (Å²) in [7, 11) is 3.33. The van der Waals surface area contributed by atoms with E-state index >= 15 is 0 Å². The molecule has 0 heterocycles. The van der Waals surface area contributed by atoms with E-state index in [0.717, 1.165) is 0 Å². The smallest absolute Gasteiger partial charge is 0.297 e. The molecule has 0 aliphatic heterocycles. The van der Waals surface area contributed by atoms with Crippen LogP contribution < -0.4 is 0 Å². The summed E-state index contributed by atoms with van der Waals surface area (Å²) in [5.41, 5.74) is 0. The molecule has 0 rings (SSSR count). The van der Waals surface area contributed by atoms with Gasteiger partial charge in [0, 0.05) is 27.3 Å². The number of hydrogen-bond acceptors (Lipinski definition) is 3. The molecule has 0 unspecified atom stereocenters. The van der Waals surface area contributed by atoms with Crippen molar-refractivity contribution in [3.63, 3.8) is 0 Å². The molecule has 0 N–H and O–H groups in total. The minimum Gasteiger partial charge on any atom is -0.352 e. The van der Waals surface area contributed by atoms with Crippen LogP contribution in [-0.2, 0) is 14.3 Å². The van der Waals surface area contributed by atoms with Gasteiger partial charge in [-0.15, -0.1) is 0 Å². The lowest BCUT2D eigenvalue weighted by Crippen LogP contribution is -2.20. The summed E-state index contributed by atoms with van der Waals surface area (Å²) in [6, 6.07) is 0. The highest BCUT2D eigenvalue weighted by molar-refractivity contribution is 5.93. The van der Waals surface area contributed by atoms with Crippen molar-refractivity contribution in [2.75, 3.05) is 27.3 Å². The monoisotopic (exact) mass is 213 g/mol. The second-order valence-corrected chi connectivity index (χ2v) is 3.05. The molecule has 0 atom stereocenters. The molecule has 0 aromatic heterocycles. The maximum atomic E-state index is 11.1. The quantitative estimate of drug-likeness (QED) is 0.502. The molecule has 0 bridgehead atoms. The first-order valence-electron chi connectivity index (χ1n) is 5.05. The molecule has 0 spiro atoms. The fourth-order valence-corrected chi connectivity index (χ4v) is 0.860. The summed E-state index contributed by atoms with van der Waals surface area (Å²) in [5.74, 6) is 5.04. The van der Waals surface area contributed by atoms with Gasteiger partial charge in [-0.2, -0.15) is 0 Å². The first kappa shape index (κ1) is 13.9. The van der Waals surface area contributed by atoms with Gasteiger partial charge in [-0.3, -0.25) is 4.79 Å². The number of amides is 1. The van der Waals surface area contributed by atoms with Crippen molar-refractivity contribution in [1.82, 2.24) is 4.90 Å². The molecule has 0 fully saturated rings. The number of rotatable bonds is 5. The summed E-state index contributed by atoms with van der Waals surface area (Å²) < 4.78 is 10.6. The molecule has 0 aromatic rings. The van der Waals surface area contributed by atoms with E-state index in [0.29, 0.717) is 19.6 Å². The van der Waals surface area contributed by atoms with E-state index in [-0.39, 0.29) is 12.2 Å². The van der Waals surface area contributed by atoms with Gasteiger partial charge in [-0.1, -0.05) is 5.92 Å². The van der Waals surface area contributed by atoms with Gasteiger partial charge < -0.3 is 14.4 Å². The lowest BCUT2D eigenvalue weighted by Gasteiger charge is -2.13. The van der Waals surface area contributed by atoms with Crippen LogP contribution in [0.1, 0.15) is 20.3 Å². The van der Waals surface area contributed by atoms with Crippen molar-refractivity contribution in [3.8, 4) is 11.8 Å². The van der Waals surface area contributed by atoms with Crippen LogP contribution in [0, 0.1) is 11.8 Å². The molecule has 4 nitrogen and oxygen atoms in total. The Morgan fingerprint density at radius 1 is 1.27 bits per heavy atom. The topological polar surface area (TPSA) is 38.8 Å². The Morgan fingerprint density at radius 3 is 2.20 bits per heavy atom. The van der Waals surface area contributed by atoms with E-state index in [4.69, 9.17) is 9.47 Å². The van der Waals surface area contributed by atoms with Crippen LogP contribution in [0.25, 0.3) is 0 Å². The highest BCUT2D eigenvalue weighted by atomic mass is 16.7. The Kier molecular flexibility index (Phi) is 7.69. The highest BCUT2D eigenvalue weighted by Crippen LogP contribution is 1.99. The molecule has 15 heavy (non-hydrogen) atoms. The Bertz CT molecular complexity index is 234. The third-order valence-electron chi connectivity index (χ3n) is 1.58. The van der Waals surface area contributed by atoms with Crippen LogP contribution in [0.3, 0.4) is 0 Å². The van der Waals surface area contributed by atoms with Gasteiger partial charge in [-0.25, -0.2) is 0 Å². The largest absolute Gasteiger partial charge is 0.352 e. The zero-order valence-corrected chi connectivity index (χ0v) is 9.87.